The van der Waals surface area contributed by atoms with E-state index in [-0.39, 0.29) is 17.6 Å². The van der Waals surface area contributed by atoms with Crippen LogP contribution < -0.4 is 10.1 Å². The Bertz CT molecular complexity index is 750. The molecule has 3 nitrogen and oxygen atoms in total. The van der Waals surface area contributed by atoms with E-state index < -0.39 is 11.7 Å². The second-order valence-electron chi connectivity index (χ2n) is 6.43. The van der Waals surface area contributed by atoms with Crippen LogP contribution in [0.15, 0.2) is 48.5 Å². The maximum Gasteiger partial charge on any atom is 0.416 e. The third kappa shape index (κ3) is 4.85. The molecule has 1 unspecified atom stereocenters. The zero-order valence-electron chi connectivity index (χ0n) is 14.2. The number of nitrogens with one attached hydrogen (secondary N) is 1. The maximum atomic E-state index is 12.7. The van der Waals surface area contributed by atoms with Crippen LogP contribution >= 0.6 is 0 Å². The van der Waals surface area contributed by atoms with Crippen LogP contribution in [0.3, 0.4) is 0 Å². The number of benzene rings is 2. The monoisotopic (exact) mass is 363 g/mol. The van der Waals surface area contributed by atoms with Crippen molar-refractivity contribution in [3.63, 3.8) is 0 Å². The van der Waals surface area contributed by atoms with E-state index in [2.05, 4.69) is 5.32 Å². The van der Waals surface area contributed by atoms with Crippen LogP contribution in [0.5, 0.6) is 11.5 Å². The van der Waals surface area contributed by atoms with E-state index >= 15 is 0 Å². The summed E-state index contributed by atoms with van der Waals surface area (Å²) in [6.45, 7) is 0.946. The average Bonchev–Trinajstić information content (AvgIpc) is 2.63. The Kier molecular flexibility index (Phi) is 5.61. The first-order valence-corrected chi connectivity index (χ1v) is 8.63. The Morgan fingerprint density at radius 3 is 2.50 bits per heavy atom. The highest BCUT2D eigenvalue weighted by atomic mass is 19.4. The molecule has 0 radical (unpaired) electrons. The predicted octanol–water partition coefficient (Wildman–Crippen LogP) is 5.21. The van der Waals surface area contributed by atoms with Gasteiger partial charge in [0.1, 0.15) is 11.5 Å². The molecule has 1 N–H and O–H groups in total. The molecule has 2 aromatic rings. The molecule has 0 amide bonds. The number of hydrogen-bond donors (Lipinski definition) is 1. The molecule has 0 aliphatic carbocycles. The molecule has 1 aliphatic heterocycles. The topological polar surface area (TPSA) is 38.3 Å². The number of alkyl halides is 3. The van der Waals surface area contributed by atoms with Gasteiger partial charge < -0.3 is 10.1 Å². The Hall–Kier alpha value is -2.34. The van der Waals surface area contributed by atoms with Crippen molar-refractivity contribution in [2.75, 3.05) is 6.54 Å². The quantitative estimate of drug-likeness (QED) is 0.741. The fourth-order valence-corrected chi connectivity index (χ4v) is 3.02. The van der Waals surface area contributed by atoms with Crippen LogP contribution in [-0.2, 0) is 6.18 Å². The molecule has 2 aromatic carbocycles. The molecule has 3 rings (SSSR count). The Labute approximate surface area is 150 Å². The van der Waals surface area contributed by atoms with Gasteiger partial charge in [0.05, 0.1) is 5.56 Å². The summed E-state index contributed by atoms with van der Waals surface area (Å²) in [6.07, 6.45) is -0.680. The zero-order valence-corrected chi connectivity index (χ0v) is 14.2. The number of carbonyl (C=O) groups excluding carboxylic acids is 1. The van der Waals surface area contributed by atoms with Gasteiger partial charge in [0, 0.05) is 18.0 Å². The highest BCUT2D eigenvalue weighted by Crippen LogP contribution is 2.32. The van der Waals surface area contributed by atoms with E-state index in [4.69, 9.17) is 4.74 Å². The second-order valence-corrected chi connectivity index (χ2v) is 6.43. The molecule has 0 spiro atoms. The lowest BCUT2D eigenvalue weighted by molar-refractivity contribution is -0.137. The largest absolute Gasteiger partial charge is 0.457 e. The van der Waals surface area contributed by atoms with Gasteiger partial charge >= 0.3 is 6.18 Å². The predicted molar refractivity (Wildman–Crippen MR) is 92.5 cm³/mol. The minimum atomic E-state index is -4.41. The normalized spacial score (nSPS) is 17.7. The standard InChI is InChI=1S/C20H20F3NO2/c21-20(22,23)15-4-3-6-18(12-15)26-17-9-7-14(8-10-17)19(25)13-16-5-1-2-11-24-16/h3-4,6-10,12,16,24H,1-2,5,11,13H2. The van der Waals surface area contributed by atoms with Crippen LogP contribution in [-0.4, -0.2) is 18.4 Å². The number of halogens is 3. The third-order valence-electron chi connectivity index (χ3n) is 4.42. The fourth-order valence-electron chi connectivity index (χ4n) is 3.02. The molecule has 0 bridgehead atoms. The molecule has 1 atom stereocenters. The number of rotatable bonds is 5. The summed E-state index contributed by atoms with van der Waals surface area (Å²) in [5.74, 6) is 0.539. The van der Waals surface area contributed by atoms with E-state index in [1.54, 1.807) is 24.3 Å². The van der Waals surface area contributed by atoms with Crippen molar-refractivity contribution in [3.8, 4) is 11.5 Å². The number of hydrogen-bond acceptors (Lipinski definition) is 3. The van der Waals surface area contributed by atoms with E-state index in [1.807, 2.05) is 0 Å². The summed E-state index contributed by atoms with van der Waals surface area (Å²) in [5, 5.41) is 3.34. The van der Waals surface area contributed by atoms with Gasteiger partial charge in [0.25, 0.3) is 0 Å². The molecule has 0 aromatic heterocycles. The molecule has 1 fully saturated rings. The molecule has 1 saturated heterocycles. The van der Waals surface area contributed by atoms with Gasteiger partial charge in [-0.05, 0) is 61.9 Å². The Balaban J connectivity index is 1.63. The summed E-state index contributed by atoms with van der Waals surface area (Å²) in [7, 11) is 0. The van der Waals surface area contributed by atoms with Crippen LogP contribution in [0.25, 0.3) is 0 Å². The molecule has 138 valence electrons. The second kappa shape index (κ2) is 7.91. The summed E-state index contributed by atoms with van der Waals surface area (Å²) in [6, 6.07) is 11.4. The van der Waals surface area contributed by atoms with Crippen molar-refractivity contribution in [2.24, 2.45) is 0 Å². The first-order chi connectivity index (χ1) is 12.4. The Morgan fingerprint density at radius 1 is 1.08 bits per heavy atom. The summed E-state index contributed by atoms with van der Waals surface area (Å²) >= 11 is 0. The van der Waals surface area contributed by atoms with Crippen LogP contribution in [0.1, 0.15) is 41.6 Å². The van der Waals surface area contributed by atoms with Gasteiger partial charge in [-0.2, -0.15) is 13.2 Å². The maximum absolute atomic E-state index is 12.7. The van der Waals surface area contributed by atoms with Crippen molar-refractivity contribution >= 4 is 5.78 Å². The Morgan fingerprint density at radius 2 is 1.85 bits per heavy atom. The van der Waals surface area contributed by atoms with E-state index in [0.717, 1.165) is 37.9 Å². The van der Waals surface area contributed by atoms with Crippen LogP contribution in [0.4, 0.5) is 13.2 Å². The van der Waals surface area contributed by atoms with Crippen molar-refractivity contribution in [1.29, 1.82) is 0 Å². The van der Waals surface area contributed by atoms with E-state index in [9.17, 15) is 18.0 Å². The number of ether oxygens (including phenoxy) is 1. The lowest BCUT2D eigenvalue weighted by Crippen LogP contribution is -2.35. The molecule has 1 heterocycles. The van der Waals surface area contributed by atoms with Gasteiger partial charge in [0.15, 0.2) is 5.78 Å². The molecular weight excluding hydrogens is 343 g/mol. The van der Waals surface area contributed by atoms with Crippen molar-refractivity contribution < 1.29 is 22.7 Å². The highest BCUT2D eigenvalue weighted by molar-refractivity contribution is 5.96. The van der Waals surface area contributed by atoms with Gasteiger partial charge in [0.2, 0.25) is 0 Å². The van der Waals surface area contributed by atoms with Gasteiger partial charge in [-0.1, -0.05) is 12.5 Å². The molecule has 0 saturated carbocycles. The lowest BCUT2D eigenvalue weighted by Gasteiger charge is -2.22. The average molecular weight is 363 g/mol. The summed E-state index contributed by atoms with van der Waals surface area (Å²) in [5.41, 5.74) is -0.185. The van der Waals surface area contributed by atoms with Gasteiger partial charge in [-0.15, -0.1) is 0 Å². The number of carbonyl (C=O) groups is 1. The van der Waals surface area contributed by atoms with Crippen molar-refractivity contribution in [2.45, 2.75) is 37.9 Å². The molecular formula is C20H20F3NO2. The van der Waals surface area contributed by atoms with E-state index in [0.29, 0.717) is 17.7 Å². The first-order valence-electron chi connectivity index (χ1n) is 8.63. The van der Waals surface area contributed by atoms with E-state index in [1.165, 1.54) is 12.1 Å². The number of ketones is 1. The van der Waals surface area contributed by atoms with Crippen molar-refractivity contribution in [3.05, 3.63) is 59.7 Å². The molecule has 26 heavy (non-hydrogen) atoms. The number of Topliss-reactive ketones (excluding diaryl/α,β-unsaturated/α-hetero) is 1. The highest BCUT2D eigenvalue weighted by Gasteiger charge is 2.30. The van der Waals surface area contributed by atoms with Crippen molar-refractivity contribution in [1.82, 2.24) is 5.32 Å². The van der Waals surface area contributed by atoms with Gasteiger partial charge in [-0.25, -0.2) is 0 Å². The minimum Gasteiger partial charge on any atom is -0.457 e. The van der Waals surface area contributed by atoms with Crippen LogP contribution in [0, 0.1) is 0 Å². The smallest absolute Gasteiger partial charge is 0.416 e. The summed E-state index contributed by atoms with van der Waals surface area (Å²) < 4.78 is 43.7. The van der Waals surface area contributed by atoms with Crippen LogP contribution in [0.2, 0.25) is 0 Å². The third-order valence-corrected chi connectivity index (χ3v) is 4.42. The first kappa shape index (κ1) is 18.5. The molecule has 1 aliphatic rings. The zero-order chi connectivity index (χ0) is 18.6. The van der Waals surface area contributed by atoms with Gasteiger partial charge in [-0.3, -0.25) is 4.79 Å². The number of piperidine rings is 1. The SMILES string of the molecule is O=C(CC1CCCCN1)c1ccc(Oc2cccc(C(F)(F)F)c2)cc1. The lowest BCUT2D eigenvalue weighted by atomic mass is 9.97. The minimum absolute atomic E-state index is 0.0509. The summed E-state index contributed by atoms with van der Waals surface area (Å²) in [4.78, 5) is 12.3. The molecule has 6 heteroatoms. The fraction of sp³-hybridized carbons (Fsp3) is 0.350.